The first-order chi connectivity index (χ1) is 12.5. The van der Waals surface area contributed by atoms with Gasteiger partial charge in [0.15, 0.2) is 6.61 Å². The van der Waals surface area contributed by atoms with Crippen molar-refractivity contribution in [1.29, 1.82) is 0 Å². The number of benzene rings is 2. The molecule has 0 aliphatic heterocycles. The van der Waals surface area contributed by atoms with E-state index >= 15 is 0 Å². The van der Waals surface area contributed by atoms with Crippen LogP contribution in [0.3, 0.4) is 0 Å². The van der Waals surface area contributed by atoms with Crippen molar-refractivity contribution in [3.63, 3.8) is 0 Å². The lowest BCUT2D eigenvalue weighted by atomic mass is 10.1. The second-order valence-corrected chi connectivity index (χ2v) is 5.44. The van der Waals surface area contributed by atoms with E-state index in [4.69, 9.17) is 14.2 Å². The highest BCUT2D eigenvalue weighted by Crippen LogP contribution is 2.21. The summed E-state index contributed by atoms with van der Waals surface area (Å²) in [6.45, 7) is 1.90. The monoisotopic (exact) mass is 360 g/mol. The second kappa shape index (κ2) is 9.53. The average Bonchev–Trinajstić information content (AvgIpc) is 2.64. The van der Waals surface area contributed by atoms with Crippen molar-refractivity contribution in [2.24, 2.45) is 5.10 Å². The summed E-state index contributed by atoms with van der Waals surface area (Å²) in [5, 5.41) is 4.06. The van der Waals surface area contributed by atoms with Gasteiger partial charge in [-0.05, 0) is 42.8 Å². The van der Waals surface area contributed by atoms with Crippen LogP contribution in [0.2, 0.25) is 0 Å². The van der Waals surface area contributed by atoms with Crippen LogP contribution in [-0.2, 0) is 16.1 Å². The Bertz CT molecular complexity index is 793. The predicted molar refractivity (Wildman–Crippen MR) is 96.0 cm³/mol. The Labute approximate surface area is 151 Å². The normalized spacial score (nSPS) is 11.2. The number of methoxy groups -OCH3 is 2. The molecule has 0 aromatic heterocycles. The largest absolute Gasteiger partial charge is 0.496 e. The Balaban J connectivity index is 1.96. The lowest BCUT2D eigenvalue weighted by Crippen LogP contribution is -2.25. The molecule has 0 unspecified atom stereocenters. The molecule has 6 nitrogen and oxygen atoms in total. The summed E-state index contributed by atoms with van der Waals surface area (Å²) in [7, 11) is 3.19. The van der Waals surface area contributed by atoms with Gasteiger partial charge in [-0.1, -0.05) is 6.07 Å². The van der Waals surface area contributed by atoms with E-state index in [9.17, 15) is 9.18 Å². The van der Waals surface area contributed by atoms with Gasteiger partial charge in [-0.15, -0.1) is 0 Å². The van der Waals surface area contributed by atoms with Gasteiger partial charge in [0, 0.05) is 18.7 Å². The van der Waals surface area contributed by atoms with Gasteiger partial charge in [-0.2, -0.15) is 5.10 Å². The maximum Gasteiger partial charge on any atom is 0.277 e. The van der Waals surface area contributed by atoms with E-state index in [1.54, 1.807) is 27.2 Å². The number of carbonyl (C=O) groups is 1. The van der Waals surface area contributed by atoms with Crippen molar-refractivity contribution >= 4 is 11.6 Å². The summed E-state index contributed by atoms with van der Waals surface area (Å²) in [5.41, 5.74) is 4.73. The zero-order valence-electron chi connectivity index (χ0n) is 14.9. The minimum Gasteiger partial charge on any atom is -0.496 e. The molecule has 0 aliphatic carbocycles. The molecule has 0 saturated heterocycles. The van der Waals surface area contributed by atoms with Crippen LogP contribution in [0.5, 0.6) is 11.5 Å². The van der Waals surface area contributed by atoms with Gasteiger partial charge in [0.05, 0.1) is 19.4 Å². The predicted octanol–water partition coefficient (Wildman–Crippen LogP) is 2.90. The van der Waals surface area contributed by atoms with E-state index in [0.29, 0.717) is 12.3 Å². The van der Waals surface area contributed by atoms with Gasteiger partial charge < -0.3 is 14.2 Å². The highest BCUT2D eigenvalue weighted by atomic mass is 19.1. The third kappa shape index (κ3) is 5.56. The minimum atomic E-state index is -0.445. The molecule has 1 N–H and O–H groups in total. The third-order valence-electron chi connectivity index (χ3n) is 3.51. The zero-order chi connectivity index (χ0) is 18.9. The number of amides is 1. The molecule has 0 atom stereocenters. The van der Waals surface area contributed by atoms with Crippen LogP contribution in [-0.4, -0.2) is 32.4 Å². The molecule has 0 heterocycles. The molecule has 0 fully saturated rings. The molecule has 2 aromatic carbocycles. The van der Waals surface area contributed by atoms with E-state index < -0.39 is 11.7 Å². The van der Waals surface area contributed by atoms with Crippen LogP contribution in [0, 0.1) is 5.82 Å². The zero-order valence-corrected chi connectivity index (χ0v) is 14.9. The first-order valence-corrected chi connectivity index (χ1v) is 7.91. The van der Waals surface area contributed by atoms with E-state index in [-0.39, 0.29) is 12.4 Å². The van der Waals surface area contributed by atoms with Crippen LogP contribution in [0.15, 0.2) is 47.6 Å². The maximum absolute atomic E-state index is 13.1. The van der Waals surface area contributed by atoms with Crippen molar-refractivity contribution in [2.45, 2.75) is 13.5 Å². The standard InChI is InChI=1S/C19H21FN2O4/c1-13(14-7-8-18(25-3)15(9-14)11-24-2)21-22-19(23)12-26-17-6-4-5-16(20)10-17/h4-10H,11-12H2,1-3H3,(H,22,23)/b21-13-. The molecule has 26 heavy (non-hydrogen) atoms. The minimum absolute atomic E-state index is 0.266. The van der Waals surface area contributed by atoms with Gasteiger partial charge in [-0.25, -0.2) is 9.82 Å². The summed E-state index contributed by atoms with van der Waals surface area (Å²) < 4.78 is 28.7. The van der Waals surface area contributed by atoms with Crippen molar-refractivity contribution in [3.05, 3.63) is 59.4 Å². The number of carbonyl (C=O) groups excluding carboxylic acids is 1. The number of halogens is 1. The maximum atomic E-state index is 13.1. The molecule has 1 amide bonds. The fraction of sp³-hybridized carbons (Fsp3) is 0.263. The Hall–Kier alpha value is -2.93. The smallest absolute Gasteiger partial charge is 0.277 e. The van der Waals surface area contributed by atoms with Gasteiger partial charge >= 0.3 is 0 Å². The first-order valence-electron chi connectivity index (χ1n) is 7.91. The Kier molecular flexibility index (Phi) is 7.11. The molecule has 7 heteroatoms. The number of ether oxygens (including phenoxy) is 3. The van der Waals surface area contributed by atoms with E-state index in [1.807, 2.05) is 18.2 Å². The average molecular weight is 360 g/mol. The molecule has 0 bridgehead atoms. The van der Waals surface area contributed by atoms with Crippen molar-refractivity contribution in [2.75, 3.05) is 20.8 Å². The number of nitrogens with zero attached hydrogens (tertiary/aromatic N) is 1. The van der Waals surface area contributed by atoms with Crippen molar-refractivity contribution < 1.29 is 23.4 Å². The molecule has 138 valence electrons. The molecule has 2 rings (SSSR count). The fourth-order valence-electron chi connectivity index (χ4n) is 2.22. The fourth-order valence-corrected chi connectivity index (χ4v) is 2.22. The lowest BCUT2D eigenvalue weighted by molar-refractivity contribution is -0.123. The van der Waals surface area contributed by atoms with Crippen LogP contribution < -0.4 is 14.9 Å². The van der Waals surface area contributed by atoms with Crippen molar-refractivity contribution in [1.82, 2.24) is 5.43 Å². The van der Waals surface area contributed by atoms with Gasteiger partial charge in [0.1, 0.15) is 17.3 Å². The summed E-state index contributed by atoms with van der Waals surface area (Å²) in [6, 6.07) is 11.1. The topological polar surface area (TPSA) is 69.2 Å². The number of rotatable bonds is 8. The van der Waals surface area contributed by atoms with Gasteiger partial charge in [0.2, 0.25) is 0 Å². The van der Waals surface area contributed by atoms with Gasteiger partial charge in [0.25, 0.3) is 5.91 Å². The summed E-state index contributed by atoms with van der Waals surface area (Å²) in [6.07, 6.45) is 0. The highest BCUT2D eigenvalue weighted by molar-refractivity contribution is 5.99. The van der Waals surface area contributed by atoms with E-state index in [1.165, 1.54) is 18.2 Å². The van der Waals surface area contributed by atoms with Crippen LogP contribution in [0.4, 0.5) is 4.39 Å². The van der Waals surface area contributed by atoms with Crippen LogP contribution in [0.25, 0.3) is 0 Å². The molecule has 0 radical (unpaired) electrons. The molecule has 0 spiro atoms. The Morgan fingerprint density at radius 2 is 2.00 bits per heavy atom. The third-order valence-corrected chi connectivity index (χ3v) is 3.51. The van der Waals surface area contributed by atoms with E-state index in [0.717, 1.165) is 16.9 Å². The van der Waals surface area contributed by atoms with Crippen LogP contribution in [0.1, 0.15) is 18.1 Å². The molecule has 0 aliphatic rings. The van der Waals surface area contributed by atoms with E-state index in [2.05, 4.69) is 10.5 Å². The molecule has 2 aromatic rings. The SMILES string of the molecule is COCc1cc(/C(C)=N\NC(=O)COc2cccc(F)c2)ccc1OC. The Morgan fingerprint density at radius 1 is 1.19 bits per heavy atom. The highest BCUT2D eigenvalue weighted by Gasteiger charge is 2.07. The molecule has 0 saturated carbocycles. The lowest BCUT2D eigenvalue weighted by Gasteiger charge is -2.10. The number of hydrogen-bond donors (Lipinski definition) is 1. The van der Waals surface area contributed by atoms with Crippen LogP contribution >= 0.6 is 0 Å². The van der Waals surface area contributed by atoms with Crippen molar-refractivity contribution in [3.8, 4) is 11.5 Å². The number of hydrogen-bond acceptors (Lipinski definition) is 5. The summed E-state index contributed by atoms with van der Waals surface area (Å²) in [4.78, 5) is 11.8. The van der Waals surface area contributed by atoms with Gasteiger partial charge in [-0.3, -0.25) is 4.79 Å². The summed E-state index contributed by atoms with van der Waals surface area (Å²) >= 11 is 0. The summed E-state index contributed by atoms with van der Waals surface area (Å²) in [5.74, 6) is 0.124. The second-order valence-electron chi connectivity index (χ2n) is 5.44. The Morgan fingerprint density at radius 3 is 2.69 bits per heavy atom. The first kappa shape index (κ1) is 19.4. The quantitative estimate of drug-likeness (QED) is 0.581. The number of hydrazone groups is 1. The molecular formula is C19H21FN2O4. The molecular weight excluding hydrogens is 339 g/mol. The number of nitrogens with one attached hydrogen (secondary N) is 1.